The van der Waals surface area contributed by atoms with Gasteiger partial charge in [0.2, 0.25) is 5.91 Å². The van der Waals surface area contributed by atoms with Crippen LogP contribution in [0.15, 0.2) is 18.2 Å². The van der Waals surface area contributed by atoms with Gasteiger partial charge >= 0.3 is 12.1 Å². The minimum Gasteiger partial charge on any atom is -0.444 e. The van der Waals surface area contributed by atoms with Gasteiger partial charge in [0.1, 0.15) is 5.60 Å². The Hall–Kier alpha value is -3.27. The Bertz CT molecular complexity index is 1520. The van der Waals surface area contributed by atoms with E-state index in [-0.39, 0.29) is 18.4 Å². The second-order valence-electron chi connectivity index (χ2n) is 13.2. The Morgan fingerprint density at radius 1 is 1.09 bits per heavy atom. The van der Waals surface area contributed by atoms with Crippen molar-refractivity contribution in [3.05, 3.63) is 23.8 Å². The summed E-state index contributed by atoms with van der Waals surface area (Å²) in [5.74, 6) is 0.654. The number of urea groups is 1. The highest BCUT2D eigenvalue weighted by molar-refractivity contribution is 7.86. The summed E-state index contributed by atoms with van der Waals surface area (Å²) in [4.78, 5) is 39.9. The first kappa shape index (κ1) is 33.1. The van der Waals surface area contributed by atoms with Crippen LogP contribution in [0.2, 0.25) is 0 Å². The molecule has 5 rings (SSSR count). The normalized spacial score (nSPS) is 20.2. The summed E-state index contributed by atoms with van der Waals surface area (Å²) in [7, 11) is -0.0971. The molecule has 14 nitrogen and oxygen atoms in total. The smallest absolute Gasteiger partial charge is 0.407 e. The Morgan fingerprint density at radius 2 is 1.78 bits per heavy atom. The van der Waals surface area contributed by atoms with E-state index in [2.05, 4.69) is 32.8 Å². The number of imide groups is 1. The second-order valence-corrected chi connectivity index (χ2v) is 15.3. The van der Waals surface area contributed by atoms with Crippen molar-refractivity contribution >= 4 is 45.0 Å². The number of fused-ring (bicyclic) bond motifs is 1. The highest BCUT2D eigenvalue weighted by Gasteiger charge is 2.33. The molecule has 0 spiro atoms. The molecule has 0 aliphatic carbocycles. The van der Waals surface area contributed by atoms with Crippen LogP contribution in [-0.4, -0.2) is 114 Å². The third-order valence-corrected chi connectivity index (χ3v) is 10.8. The van der Waals surface area contributed by atoms with Gasteiger partial charge in [-0.15, -0.1) is 0 Å². The van der Waals surface area contributed by atoms with E-state index in [0.717, 1.165) is 36.8 Å². The largest absolute Gasteiger partial charge is 0.444 e. The molecule has 3 aliphatic heterocycles. The number of hydrogen-bond acceptors (Lipinski definition) is 8. The quantitative estimate of drug-likeness (QED) is 0.444. The third-order valence-electron chi connectivity index (χ3n) is 8.85. The zero-order chi connectivity index (χ0) is 32.5. The fourth-order valence-electron chi connectivity index (χ4n) is 6.26. The number of anilines is 1. The maximum atomic E-state index is 13.3. The number of alkyl carbamates (subject to hydrolysis) is 1. The summed E-state index contributed by atoms with van der Waals surface area (Å²) in [6.45, 7) is 9.25. The number of benzene rings is 1. The van der Waals surface area contributed by atoms with Crippen LogP contribution >= 0.6 is 0 Å². The lowest BCUT2D eigenvalue weighted by Gasteiger charge is -2.36. The highest BCUT2D eigenvalue weighted by atomic mass is 32.2. The van der Waals surface area contributed by atoms with E-state index >= 15 is 0 Å². The summed E-state index contributed by atoms with van der Waals surface area (Å²) >= 11 is 0. The number of aromatic nitrogens is 2. The molecule has 3 saturated heterocycles. The van der Waals surface area contributed by atoms with Crippen molar-refractivity contribution in [3.63, 3.8) is 0 Å². The van der Waals surface area contributed by atoms with Gasteiger partial charge in [-0.25, -0.2) is 9.59 Å². The number of hydrogen-bond donors (Lipinski definition) is 2. The fourth-order valence-corrected chi connectivity index (χ4v) is 7.64. The lowest BCUT2D eigenvalue weighted by atomic mass is 9.89. The number of piperidine rings is 2. The number of amides is 4. The van der Waals surface area contributed by atoms with Crippen LogP contribution in [0.3, 0.4) is 0 Å². The molecule has 0 bridgehead atoms. The van der Waals surface area contributed by atoms with Crippen molar-refractivity contribution in [2.45, 2.75) is 70.4 Å². The Kier molecular flexibility index (Phi) is 9.73. The van der Waals surface area contributed by atoms with Crippen LogP contribution in [0.1, 0.15) is 64.4 Å². The van der Waals surface area contributed by atoms with Crippen molar-refractivity contribution in [3.8, 4) is 0 Å². The van der Waals surface area contributed by atoms with Gasteiger partial charge in [0, 0.05) is 64.7 Å². The molecule has 0 unspecified atom stereocenters. The summed E-state index contributed by atoms with van der Waals surface area (Å²) in [5, 5.41) is 10.7. The molecule has 3 fully saturated rings. The molecule has 0 saturated carbocycles. The summed E-state index contributed by atoms with van der Waals surface area (Å²) in [6.07, 6.45) is 2.78. The number of aryl methyl sites for hydroxylation is 1. The number of likely N-dealkylation sites (N-methyl/N-ethyl adjacent to an activating group) is 1. The van der Waals surface area contributed by atoms with E-state index in [4.69, 9.17) is 4.74 Å². The first-order chi connectivity index (χ1) is 21.2. The molecule has 1 aromatic carbocycles. The first-order valence-electron chi connectivity index (χ1n) is 15.7. The number of nitrogens with zero attached hydrogens (tertiary/aromatic N) is 6. The summed E-state index contributed by atoms with van der Waals surface area (Å²) in [5.41, 5.74) is 1.58. The number of carbonyl (C=O) groups is 3. The first-order valence-corrected chi connectivity index (χ1v) is 17.1. The van der Waals surface area contributed by atoms with Gasteiger partial charge in [0.05, 0.1) is 5.52 Å². The van der Waals surface area contributed by atoms with Gasteiger partial charge in [-0.2, -0.15) is 22.1 Å². The molecular formula is C30H46N8O6S. The topological polar surface area (TPSA) is 149 Å². The zero-order valence-electron chi connectivity index (χ0n) is 26.9. The van der Waals surface area contributed by atoms with E-state index in [1.54, 1.807) is 11.7 Å². The molecule has 4 amide bonds. The molecule has 248 valence electrons. The lowest BCUT2D eigenvalue weighted by Crippen LogP contribution is -2.51. The minimum absolute atomic E-state index is 0.110. The van der Waals surface area contributed by atoms with Crippen molar-refractivity contribution < 1.29 is 27.5 Å². The lowest BCUT2D eigenvalue weighted by molar-refractivity contribution is -0.120. The van der Waals surface area contributed by atoms with Gasteiger partial charge in [0.15, 0.2) is 5.82 Å². The van der Waals surface area contributed by atoms with Gasteiger partial charge in [-0.1, -0.05) is 6.07 Å². The molecule has 3 aliphatic rings. The molecule has 4 heterocycles. The van der Waals surface area contributed by atoms with E-state index < -0.39 is 27.9 Å². The van der Waals surface area contributed by atoms with Crippen LogP contribution in [0.4, 0.5) is 15.4 Å². The standard InChI is InChI=1S/C30H46N8O6S/c1-30(2,3)44-29(41)31-23-10-15-37(16-11-23)45(42,43)34(4)18-19-36-13-8-21(9-14-36)22-6-7-24-25(20-22)35(5)33-27(24)38-17-12-26(39)32-28(38)40/h6-7,20-21,23H,8-19H2,1-5H3,(H,31,41)(H,32,39,40). The number of nitrogens with one attached hydrogen (secondary N) is 2. The van der Waals surface area contributed by atoms with Crippen LogP contribution in [0, 0.1) is 0 Å². The molecular weight excluding hydrogens is 600 g/mol. The van der Waals surface area contributed by atoms with Crippen molar-refractivity contribution in [1.29, 1.82) is 0 Å². The van der Waals surface area contributed by atoms with Crippen molar-refractivity contribution in [1.82, 2.24) is 33.9 Å². The van der Waals surface area contributed by atoms with Crippen molar-refractivity contribution in [2.24, 2.45) is 7.05 Å². The number of likely N-dealkylation sites (tertiary alicyclic amines) is 1. The molecule has 0 radical (unpaired) electrons. The maximum Gasteiger partial charge on any atom is 0.407 e. The van der Waals surface area contributed by atoms with E-state index in [0.29, 0.717) is 57.3 Å². The predicted octanol–water partition coefficient (Wildman–Crippen LogP) is 2.36. The van der Waals surface area contributed by atoms with Gasteiger partial charge in [-0.05, 0) is 83.2 Å². The number of carbonyl (C=O) groups excluding carboxylic acids is 3. The highest BCUT2D eigenvalue weighted by Crippen LogP contribution is 2.33. The molecule has 45 heavy (non-hydrogen) atoms. The van der Waals surface area contributed by atoms with Crippen LogP contribution in [0.5, 0.6) is 0 Å². The summed E-state index contributed by atoms with van der Waals surface area (Å²) < 4.78 is 36.6. The van der Waals surface area contributed by atoms with E-state index in [9.17, 15) is 22.8 Å². The fraction of sp³-hybridized carbons (Fsp3) is 0.667. The monoisotopic (exact) mass is 646 g/mol. The molecule has 0 atom stereocenters. The Labute approximate surface area is 265 Å². The summed E-state index contributed by atoms with van der Waals surface area (Å²) in [6, 6.07) is 5.71. The van der Waals surface area contributed by atoms with Crippen LogP contribution in [0.25, 0.3) is 10.9 Å². The van der Waals surface area contributed by atoms with Crippen molar-refractivity contribution in [2.75, 3.05) is 57.8 Å². The average Bonchev–Trinajstić information content (AvgIpc) is 3.30. The Balaban J connectivity index is 1.09. The molecule has 1 aromatic heterocycles. The maximum absolute atomic E-state index is 13.3. The third kappa shape index (κ3) is 7.76. The predicted molar refractivity (Wildman–Crippen MR) is 170 cm³/mol. The SMILES string of the molecule is CN(CCN1CCC(c2ccc3c(N4CCC(=O)NC4=O)nn(C)c3c2)CC1)S(=O)(=O)N1CCC(NC(=O)OC(C)(C)C)CC1. The molecule has 2 N–H and O–H groups in total. The van der Waals surface area contributed by atoms with Crippen LogP contribution in [-0.2, 0) is 26.8 Å². The van der Waals surface area contributed by atoms with Gasteiger partial charge in [0.25, 0.3) is 10.2 Å². The molecule has 15 heteroatoms. The van der Waals surface area contributed by atoms with Crippen LogP contribution < -0.4 is 15.5 Å². The number of ether oxygens (including phenoxy) is 1. The van der Waals surface area contributed by atoms with E-state index in [1.165, 1.54) is 19.1 Å². The van der Waals surface area contributed by atoms with Gasteiger partial charge in [-0.3, -0.25) is 19.7 Å². The number of rotatable bonds is 8. The molecule has 2 aromatic rings. The van der Waals surface area contributed by atoms with E-state index in [1.807, 2.05) is 33.9 Å². The second kappa shape index (κ2) is 13.2. The average molecular weight is 647 g/mol. The zero-order valence-corrected chi connectivity index (χ0v) is 27.7. The minimum atomic E-state index is -3.59. The van der Waals surface area contributed by atoms with Gasteiger partial charge < -0.3 is 15.0 Å². The Morgan fingerprint density at radius 3 is 2.42 bits per heavy atom.